The Labute approximate surface area is 160 Å². The van der Waals surface area contributed by atoms with Crippen LogP contribution in [0.3, 0.4) is 0 Å². The maximum atomic E-state index is 12.4. The lowest BCUT2D eigenvalue weighted by Crippen LogP contribution is -2.15. The van der Waals surface area contributed by atoms with Gasteiger partial charge in [0, 0.05) is 22.5 Å². The Balaban J connectivity index is 1.45. The molecule has 7 nitrogen and oxygen atoms in total. The molecule has 3 aromatic rings. The van der Waals surface area contributed by atoms with Crippen LogP contribution >= 0.6 is 11.6 Å². The third-order valence-corrected chi connectivity index (χ3v) is 4.47. The van der Waals surface area contributed by atoms with Gasteiger partial charge in [-0.1, -0.05) is 17.7 Å². The first-order chi connectivity index (χ1) is 13.1. The van der Waals surface area contributed by atoms with Crippen LogP contribution in [0.1, 0.15) is 16.1 Å². The number of hydrogen-bond donors (Lipinski definition) is 2. The van der Waals surface area contributed by atoms with Gasteiger partial charge < -0.3 is 20.1 Å². The van der Waals surface area contributed by atoms with Crippen LogP contribution in [0.15, 0.2) is 48.5 Å². The molecule has 1 aliphatic rings. The molecule has 1 amide bonds. The fourth-order valence-corrected chi connectivity index (χ4v) is 2.75. The smallest absolute Gasteiger partial charge is 0.276 e. The van der Waals surface area contributed by atoms with Gasteiger partial charge in [0.05, 0.1) is 0 Å². The zero-order valence-corrected chi connectivity index (χ0v) is 15.1. The van der Waals surface area contributed by atoms with Gasteiger partial charge in [-0.2, -0.15) is 0 Å². The van der Waals surface area contributed by atoms with E-state index in [1.165, 1.54) is 0 Å². The molecule has 2 N–H and O–H groups in total. The molecule has 2 heterocycles. The highest BCUT2D eigenvalue weighted by atomic mass is 35.5. The molecular formula is C19H15ClN4O3. The van der Waals surface area contributed by atoms with Gasteiger partial charge in [0.2, 0.25) is 6.79 Å². The SMILES string of the molecule is Cc1c(Cl)cccc1NC(=O)c1ccc(Nc2ccc3c(c2)OCO3)nn1. The Morgan fingerprint density at radius 2 is 1.93 bits per heavy atom. The zero-order chi connectivity index (χ0) is 18.8. The normalized spacial score (nSPS) is 11.9. The second-order valence-corrected chi connectivity index (χ2v) is 6.27. The van der Waals surface area contributed by atoms with Gasteiger partial charge in [-0.05, 0) is 48.9 Å². The van der Waals surface area contributed by atoms with Crippen molar-refractivity contribution >= 4 is 34.7 Å². The number of nitrogens with one attached hydrogen (secondary N) is 2. The van der Waals surface area contributed by atoms with Crippen molar-refractivity contribution in [1.29, 1.82) is 0 Å². The fourth-order valence-electron chi connectivity index (χ4n) is 2.57. The summed E-state index contributed by atoms with van der Waals surface area (Å²) < 4.78 is 10.6. The molecule has 27 heavy (non-hydrogen) atoms. The van der Waals surface area contributed by atoms with Crippen LogP contribution in [-0.4, -0.2) is 22.9 Å². The number of hydrogen-bond acceptors (Lipinski definition) is 6. The second kappa shape index (κ2) is 7.13. The van der Waals surface area contributed by atoms with E-state index in [0.29, 0.717) is 28.0 Å². The molecular weight excluding hydrogens is 368 g/mol. The number of amides is 1. The van der Waals surface area contributed by atoms with Crippen molar-refractivity contribution in [3.8, 4) is 11.5 Å². The molecule has 0 unspecified atom stereocenters. The molecule has 0 saturated heterocycles. The van der Waals surface area contributed by atoms with Gasteiger partial charge in [0.1, 0.15) is 0 Å². The molecule has 0 bridgehead atoms. The van der Waals surface area contributed by atoms with E-state index in [9.17, 15) is 4.79 Å². The average molecular weight is 383 g/mol. The molecule has 0 aliphatic carbocycles. The van der Waals surface area contributed by atoms with Crippen LogP contribution in [-0.2, 0) is 0 Å². The summed E-state index contributed by atoms with van der Waals surface area (Å²) in [6.45, 7) is 2.05. The van der Waals surface area contributed by atoms with Crippen LogP contribution < -0.4 is 20.1 Å². The topological polar surface area (TPSA) is 85.4 Å². The van der Waals surface area contributed by atoms with Crippen molar-refractivity contribution in [1.82, 2.24) is 10.2 Å². The summed E-state index contributed by atoms with van der Waals surface area (Å²) >= 11 is 6.07. The van der Waals surface area contributed by atoms with Crippen LogP contribution in [0.2, 0.25) is 5.02 Å². The lowest BCUT2D eigenvalue weighted by Gasteiger charge is -2.09. The predicted molar refractivity (Wildman–Crippen MR) is 102 cm³/mol. The predicted octanol–water partition coefficient (Wildman–Crippen LogP) is 4.16. The highest BCUT2D eigenvalue weighted by molar-refractivity contribution is 6.31. The zero-order valence-electron chi connectivity index (χ0n) is 14.3. The molecule has 0 saturated carbocycles. The van der Waals surface area contributed by atoms with Crippen LogP contribution in [0.5, 0.6) is 11.5 Å². The number of halogens is 1. The van der Waals surface area contributed by atoms with Crippen LogP contribution in [0.4, 0.5) is 17.2 Å². The Kier molecular flexibility index (Phi) is 4.52. The monoisotopic (exact) mass is 382 g/mol. The van der Waals surface area contributed by atoms with E-state index in [2.05, 4.69) is 20.8 Å². The Hall–Kier alpha value is -3.32. The maximum Gasteiger partial charge on any atom is 0.276 e. The van der Waals surface area contributed by atoms with Crippen molar-refractivity contribution < 1.29 is 14.3 Å². The number of ether oxygens (including phenoxy) is 2. The minimum absolute atomic E-state index is 0.200. The maximum absolute atomic E-state index is 12.4. The van der Waals surface area contributed by atoms with E-state index >= 15 is 0 Å². The number of nitrogens with zero attached hydrogens (tertiary/aromatic N) is 2. The second-order valence-electron chi connectivity index (χ2n) is 5.86. The number of carbonyl (C=O) groups is 1. The summed E-state index contributed by atoms with van der Waals surface area (Å²) in [5.74, 6) is 1.52. The first kappa shape index (κ1) is 17.1. The van der Waals surface area contributed by atoms with Gasteiger partial charge in [0.25, 0.3) is 5.91 Å². The third kappa shape index (κ3) is 3.63. The first-order valence-corrected chi connectivity index (χ1v) is 8.55. The standard InChI is InChI=1S/C19H15ClN4O3/c1-11-13(20)3-2-4-14(11)22-19(25)15-6-8-18(24-23-15)21-12-5-7-16-17(9-12)27-10-26-16/h2-9H,10H2,1H3,(H,21,24)(H,22,25). The summed E-state index contributed by atoms with van der Waals surface area (Å²) in [4.78, 5) is 12.4. The average Bonchev–Trinajstić information content (AvgIpc) is 3.14. The van der Waals surface area contributed by atoms with E-state index in [-0.39, 0.29) is 18.4 Å². The molecule has 0 radical (unpaired) electrons. The van der Waals surface area contributed by atoms with E-state index < -0.39 is 0 Å². The van der Waals surface area contributed by atoms with Crippen LogP contribution in [0, 0.1) is 6.92 Å². The van der Waals surface area contributed by atoms with E-state index in [1.54, 1.807) is 30.3 Å². The van der Waals surface area contributed by atoms with Crippen LogP contribution in [0.25, 0.3) is 0 Å². The van der Waals surface area contributed by atoms with E-state index in [0.717, 1.165) is 11.3 Å². The quantitative estimate of drug-likeness (QED) is 0.704. The summed E-state index contributed by atoms with van der Waals surface area (Å²) in [6.07, 6.45) is 0. The van der Waals surface area contributed by atoms with Gasteiger partial charge in [-0.3, -0.25) is 4.79 Å². The molecule has 8 heteroatoms. The van der Waals surface area contributed by atoms with E-state index in [1.807, 2.05) is 25.1 Å². The fraction of sp³-hybridized carbons (Fsp3) is 0.105. The third-order valence-electron chi connectivity index (χ3n) is 4.06. The molecule has 0 spiro atoms. The number of rotatable bonds is 4. The number of fused-ring (bicyclic) bond motifs is 1. The largest absolute Gasteiger partial charge is 0.454 e. The Morgan fingerprint density at radius 1 is 1.07 bits per heavy atom. The van der Waals surface area contributed by atoms with Gasteiger partial charge in [-0.25, -0.2) is 0 Å². The summed E-state index contributed by atoms with van der Waals surface area (Å²) in [5.41, 5.74) is 2.41. The minimum Gasteiger partial charge on any atom is -0.454 e. The van der Waals surface area contributed by atoms with Crippen molar-refractivity contribution in [3.63, 3.8) is 0 Å². The summed E-state index contributed by atoms with van der Waals surface area (Å²) in [6, 6.07) is 14.1. The highest BCUT2D eigenvalue weighted by Gasteiger charge is 2.14. The van der Waals surface area contributed by atoms with Crippen molar-refractivity contribution in [2.45, 2.75) is 6.92 Å². The van der Waals surface area contributed by atoms with Crippen molar-refractivity contribution in [3.05, 3.63) is 64.8 Å². The number of anilines is 3. The molecule has 1 aromatic heterocycles. The Bertz CT molecular complexity index is 1010. The molecule has 1 aliphatic heterocycles. The van der Waals surface area contributed by atoms with Gasteiger partial charge in [-0.15, -0.1) is 10.2 Å². The lowest BCUT2D eigenvalue weighted by molar-refractivity contribution is 0.102. The van der Waals surface area contributed by atoms with Gasteiger partial charge in [0.15, 0.2) is 23.0 Å². The molecule has 0 atom stereocenters. The Morgan fingerprint density at radius 3 is 2.74 bits per heavy atom. The highest BCUT2D eigenvalue weighted by Crippen LogP contribution is 2.34. The molecule has 4 rings (SSSR count). The number of aromatic nitrogens is 2. The summed E-state index contributed by atoms with van der Waals surface area (Å²) in [7, 11) is 0. The minimum atomic E-state index is -0.359. The van der Waals surface area contributed by atoms with E-state index in [4.69, 9.17) is 21.1 Å². The van der Waals surface area contributed by atoms with Crippen molar-refractivity contribution in [2.75, 3.05) is 17.4 Å². The number of carbonyl (C=O) groups excluding carboxylic acids is 1. The lowest BCUT2D eigenvalue weighted by atomic mass is 10.2. The molecule has 2 aromatic carbocycles. The number of benzene rings is 2. The first-order valence-electron chi connectivity index (χ1n) is 8.17. The summed E-state index contributed by atoms with van der Waals surface area (Å²) in [5, 5.41) is 14.5. The molecule has 0 fully saturated rings. The van der Waals surface area contributed by atoms with Crippen molar-refractivity contribution in [2.24, 2.45) is 0 Å². The molecule has 136 valence electrons. The van der Waals surface area contributed by atoms with Gasteiger partial charge >= 0.3 is 0 Å².